The van der Waals surface area contributed by atoms with Crippen LogP contribution in [0, 0.1) is 5.82 Å². The highest BCUT2D eigenvalue weighted by Crippen LogP contribution is 2.33. The number of anilines is 1. The zero-order chi connectivity index (χ0) is 20.4. The molecule has 3 aliphatic rings. The fourth-order valence-electron chi connectivity index (χ4n) is 3.99. The molecule has 3 fully saturated rings. The number of hydrogen-bond donors (Lipinski definition) is 0. The van der Waals surface area contributed by atoms with Crippen molar-refractivity contribution in [1.29, 1.82) is 0 Å². The van der Waals surface area contributed by atoms with Crippen LogP contribution in [0.3, 0.4) is 0 Å². The lowest BCUT2D eigenvalue weighted by Crippen LogP contribution is -2.44. The van der Waals surface area contributed by atoms with E-state index >= 15 is 0 Å². The van der Waals surface area contributed by atoms with Crippen LogP contribution in [-0.2, 0) is 9.59 Å². The monoisotopic (exact) mass is 417 g/mol. The number of rotatable bonds is 4. The molecular weight excluding hydrogens is 393 g/mol. The van der Waals surface area contributed by atoms with Gasteiger partial charge in [0.2, 0.25) is 5.91 Å². The van der Waals surface area contributed by atoms with E-state index in [0.717, 1.165) is 61.9 Å². The molecule has 0 bridgehead atoms. The van der Waals surface area contributed by atoms with Gasteiger partial charge < -0.3 is 9.80 Å². The first-order chi connectivity index (χ1) is 14.0. The molecule has 4 rings (SSSR count). The Morgan fingerprint density at radius 2 is 1.72 bits per heavy atom. The van der Waals surface area contributed by atoms with Crippen LogP contribution >= 0.6 is 11.8 Å². The maximum Gasteiger partial charge on any atom is 0.294 e. The van der Waals surface area contributed by atoms with Crippen LogP contribution in [0.2, 0.25) is 0 Å². The Hall–Kier alpha value is -2.35. The van der Waals surface area contributed by atoms with E-state index in [4.69, 9.17) is 0 Å². The van der Waals surface area contributed by atoms with E-state index in [0.29, 0.717) is 24.3 Å². The van der Waals surface area contributed by atoms with Gasteiger partial charge >= 0.3 is 0 Å². The number of imide groups is 1. The molecule has 0 aromatic heterocycles. The predicted octanol–water partition coefficient (Wildman–Crippen LogP) is 3.47. The Morgan fingerprint density at radius 3 is 2.41 bits per heavy atom. The maximum absolute atomic E-state index is 14.5. The van der Waals surface area contributed by atoms with E-state index in [-0.39, 0.29) is 23.2 Å². The minimum atomic E-state index is -0.491. The van der Waals surface area contributed by atoms with Gasteiger partial charge in [0, 0.05) is 26.2 Å². The summed E-state index contributed by atoms with van der Waals surface area (Å²) in [6.07, 6.45) is 6.64. The molecule has 3 saturated heterocycles. The molecule has 0 unspecified atom stereocenters. The number of thioether (sulfide) groups is 1. The lowest BCUT2D eigenvalue weighted by molar-refractivity contribution is -0.136. The summed E-state index contributed by atoms with van der Waals surface area (Å²) in [5, 5.41) is -0.458. The van der Waals surface area contributed by atoms with Crippen LogP contribution < -0.4 is 4.90 Å². The van der Waals surface area contributed by atoms with Gasteiger partial charge in [-0.3, -0.25) is 19.3 Å². The van der Waals surface area contributed by atoms with Crippen molar-refractivity contribution in [1.82, 2.24) is 9.80 Å². The normalized spacial score (nSPS) is 21.6. The van der Waals surface area contributed by atoms with Gasteiger partial charge in [0.05, 0.1) is 10.6 Å². The average Bonchev–Trinajstić information content (AvgIpc) is 3.33. The molecule has 0 N–H and O–H groups in total. The van der Waals surface area contributed by atoms with Crippen molar-refractivity contribution >= 4 is 40.6 Å². The molecule has 0 radical (unpaired) electrons. The van der Waals surface area contributed by atoms with Crippen LogP contribution in [0.1, 0.15) is 37.7 Å². The second kappa shape index (κ2) is 8.57. The third kappa shape index (κ3) is 4.32. The van der Waals surface area contributed by atoms with Crippen LogP contribution in [0.5, 0.6) is 0 Å². The van der Waals surface area contributed by atoms with Crippen molar-refractivity contribution in [3.05, 3.63) is 34.5 Å². The first-order valence-electron chi connectivity index (χ1n) is 10.1. The van der Waals surface area contributed by atoms with Gasteiger partial charge in [0.25, 0.3) is 11.1 Å². The molecule has 154 valence electrons. The van der Waals surface area contributed by atoms with E-state index in [1.165, 1.54) is 12.1 Å². The number of amides is 3. The third-order valence-electron chi connectivity index (χ3n) is 5.59. The fourth-order valence-corrected chi connectivity index (χ4v) is 4.83. The SMILES string of the molecule is O=C(CN1C(=O)S/C(=C\c2ccc(N3CCCC3)c(F)c2)C1=O)N1CCCCC1. The molecule has 0 spiro atoms. The number of piperidine rings is 1. The number of hydrogen-bond acceptors (Lipinski definition) is 5. The van der Waals surface area contributed by atoms with Gasteiger partial charge in [-0.25, -0.2) is 4.39 Å². The van der Waals surface area contributed by atoms with Crippen LogP contribution in [0.25, 0.3) is 6.08 Å². The number of halogens is 1. The number of benzene rings is 1. The first-order valence-corrected chi connectivity index (χ1v) is 10.9. The lowest BCUT2D eigenvalue weighted by atomic mass is 10.1. The predicted molar refractivity (Wildman–Crippen MR) is 111 cm³/mol. The largest absolute Gasteiger partial charge is 0.369 e. The Balaban J connectivity index is 1.45. The first kappa shape index (κ1) is 19.9. The smallest absolute Gasteiger partial charge is 0.294 e. The summed E-state index contributed by atoms with van der Waals surface area (Å²) in [7, 11) is 0. The van der Waals surface area contributed by atoms with Crippen molar-refractivity contribution in [2.45, 2.75) is 32.1 Å². The minimum absolute atomic E-state index is 0.200. The van der Waals surface area contributed by atoms with E-state index in [9.17, 15) is 18.8 Å². The van der Waals surface area contributed by atoms with Crippen LogP contribution in [0.4, 0.5) is 14.9 Å². The van der Waals surface area contributed by atoms with Gasteiger partial charge in [0.1, 0.15) is 12.4 Å². The molecule has 1 aromatic carbocycles. The highest BCUT2D eigenvalue weighted by Gasteiger charge is 2.37. The van der Waals surface area contributed by atoms with Crippen molar-refractivity contribution in [2.24, 2.45) is 0 Å². The summed E-state index contributed by atoms with van der Waals surface area (Å²) in [6.45, 7) is 2.81. The second-order valence-corrected chi connectivity index (χ2v) is 8.61. The lowest BCUT2D eigenvalue weighted by Gasteiger charge is -2.27. The van der Waals surface area contributed by atoms with Crippen LogP contribution in [-0.4, -0.2) is 59.6 Å². The topological polar surface area (TPSA) is 60.9 Å². The highest BCUT2D eigenvalue weighted by molar-refractivity contribution is 8.18. The summed E-state index contributed by atoms with van der Waals surface area (Å²) in [5.74, 6) is -1.02. The molecule has 3 heterocycles. The second-order valence-electron chi connectivity index (χ2n) is 7.61. The Bertz CT molecular complexity index is 861. The summed E-state index contributed by atoms with van der Waals surface area (Å²) in [6, 6.07) is 4.86. The minimum Gasteiger partial charge on any atom is -0.369 e. The zero-order valence-corrected chi connectivity index (χ0v) is 17.0. The molecule has 6 nitrogen and oxygen atoms in total. The number of nitrogens with zero attached hydrogens (tertiary/aromatic N) is 3. The Labute approximate surface area is 173 Å². The molecule has 0 saturated carbocycles. The zero-order valence-electron chi connectivity index (χ0n) is 16.2. The molecule has 3 aliphatic heterocycles. The standard InChI is InChI=1S/C21H24FN3O3S/c22-16-12-15(6-7-17(16)23-8-4-5-9-23)13-18-20(27)25(21(28)29-18)14-19(26)24-10-2-1-3-11-24/h6-7,12-13H,1-5,8-11,14H2/b18-13-. The maximum atomic E-state index is 14.5. The summed E-state index contributed by atoms with van der Waals surface area (Å²) in [4.78, 5) is 42.3. The molecular formula is C21H24FN3O3S. The molecule has 1 aromatic rings. The summed E-state index contributed by atoms with van der Waals surface area (Å²) in [5.41, 5.74) is 1.10. The third-order valence-corrected chi connectivity index (χ3v) is 6.50. The Morgan fingerprint density at radius 1 is 1.03 bits per heavy atom. The van der Waals surface area contributed by atoms with Gasteiger partial charge in [-0.1, -0.05) is 6.07 Å². The molecule has 0 atom stereocenters. The van der Waals surface area contributed by atoms with E-state index in [1.807, 2.05) is 4.90 Å². The van der Waals surface area contributed by atoms with E-state index in [1.54, 1.807) is 17.0 Å². The Kier molecular flexibility index (Phi) is 5.89. The van der Waals surface area contributed by atoms with E-state index in [2.05, 4.69) is 0 Å². The highest BCUT2D eigenvalue weighted by atomic mass is 32.2. The van der Waals surface area contributed by atoms with Crippen molar-refractivity contribution in [3.8, 4) is 0 Å². The molecule has 29 heavy (non-hydrogen) atoms. The van der Waals surface area contributed by atoms with Gasteiger partial charge in [-0.15, -0.1) is 0 Å². The van der Waals surface area contributed by atoms with Crippen molar-refractivity contribution < 1.29 is 18.8 Å². The number of carbonyl (C=O) groups excluding carboxylic acids is 3. The van der Waals surface area contributed by atoms with Crippen LogP contribution in [0.15, 0.2) is 23.1 Å². The van der Waals surface area contributed by atoms with Gasteiger partial charge in [0.15, 0.2) is 0 Å². The number of likely N-dealkylation sites (tertiary alicyclic amines) is 1. The molecule has 0 aliphatic carbocycles. The van der Waals surface area contributed by atoms with Crippen molar-refractivity contribution in [2.75, 3.05) is 37.6 Å². The molecule has 8 heteroatoms. The number of carbonyl (C=O) groups is 3. The fraction of sp³-hybridized carbons (Fsp3) is 0.476. The van der Waals surface area contributed by atoms with Gasteiger partial charge in [-0.2, -0.15) is 0 Å². The quantitative estimate of drug-likeness (QED) is 0.702. The summed E-state index contributed by atoms with van der Waals surface area (Å²) < 4.78 is 14.5. The summed E-state index contributed by atoms with van der Waals surface area (Å²) >= 11 is 0.796. The van der Waals surface area contributed by atoms with E-state index < -0.39 is 11.1 Å². The molecule has 3 amide bonds. The van der Waals surface area contributed by atoms with Gasteiger partial charge in [-0.05, 0) is 67.6 Å². The van der Waals surface area contributed by atoms with Crippen molar-refractivity contribution in [3.63, 3.8) is 0 Å². The average molecular weight is 418 g/mol.